The first-order valence-electron chi connectivity index (χ1n) is 4.73. The summed E-state index contributed by atoms with van der Waals surface area (Å²) < 4.78 is 0. The van der Waals surface area contributed by atoms with Gasteiger partial charge in [-0.25, -0.2) is 0 Å². The highest BCUT2D eigenvalue weighted by Crippen LogP contribution is 2.22. The molecule has 0 fully saturated rings. The summed E-state index contributed by atoms with van der Waals surface area (Å²) in [5, 5.41) is 0. The highest BCUT2D eigenvalue weighted by atomic mass is 32.2. The fourth-order valence-electron chi connectivity index (χ4n) is 1.08. The molecule has 0 atom stereocenters. The average molecular weight is 210 g/mol. The Morgan fingerprint density at radius 2 is 2.07 bits per heavy atom. The van der Waals surface area contributed by atoms with Crippen molar-refractivity contribution in [1.82, 2.24) is 4.90 Å². The van der Waals surface area contributed by atoms with E-state index in [9.17, 15) is 0 Å². The summed E-state index contributed by atoms with van der Waals surface area (Å²) in [4.78, 5) is 3.50. The van der Waals surface area contributed by atoms with E-state index in [2.05, 4.69) is 31.1 Å². The Balaban J connectivity index is 2.47. The molecule has 0 aliphatic rings. The molecule has 0 aliphatic heterocycles. The van der Waals surface area contributed by atoms with E-state index in [0.29, 0.717) is 0 Å². The molecule has 0 heterocycles. The van der Waals surface area contributed by atoms with Gasteiger partial charge in [0.05, 0.1) is 0 Å². The van der Waals surface area contributed by atoms with Crippen molar-refractivity contribution in [2.75, 3.05) is 32.1 Å². The van der Waals surface area contributed by atoms with E-state index < -0.39 is 0 Å². The normalized spacial score (nSPS) is 10.9. The van der Waals surface area contributed by atoms with E-state index in [1.807, 2.05) is 24.8 Å². The van der Waals surface area contributed by atoms with Crippen LogP contribution in [-0.2, 0) is 0 Å². The first-order chi connectivity index (χ1) is 6.59. The summed E-state index contributed by atoms with van der Waals surface area (Å²) in [6, 6.07) is 6.21. The van der Waals surface area contributed by atoms with Gasteiger partial charge in [0, 0.05) is 22.9 Å². The fourth-order valence-corrected chi connectivity index (χ4v) is 2.20. The number of hydrogen-bond donors (Lipinski definition) is 1. The van der Waals surface area contributed by atoms with Crippen molar-refractivity contribution < 1.29 is 0 Å². The molecule has 14 heavy (non-hydrogen) atoms. The van der Waals surface area contributed by atoms with Gasteiger partial charge in [-0.1, -0.05) is 0 Å². The van der Waals surface area contributed by atoms with Gasteiger partial charge in [0.1, 0.15) is 0 Å². The molecule has 1 aromatic carbocycles. The van der Waals surface area contributed by atoms with Crippen molar-refractivity contribution in [2.24, 2.45) is 0 Å². The van der Waals surface area contributed by atoms with Gasteiger partial charge in [0.15, 0.2) is 0 Å². The molecule has 0 spiro atoms. The van der Waals surface area contributed by atoms with Crippen LogP contribution in [0.4, 0.5) is 5.69 Å². The molecule has 0 saturated carbocycles. The number of nitrogens with two attached hydrogens (primary N) is 1. The van der Waals surface area contributed by atoms with E-state index >= 15 is 0 Å². The average Bonchev–Trinajstić information content (AvgIpc) is 2.10. The SMILES string of the molecule is Cc1cc(SCCN(C)C)ccc1N. The Kier molecular flexibility index (Phi) is 4.29. The monoisotopic (exact) mass is 210 g/mol. The maximum atomic E-state index is 5.75. The Morgan fingerprint density at radius 1 is 1.36 bits per heavy atom. The lowest BCUT2D eigenvalue weighted by Crippen LogP contribution is -2.14. The Labute approximate surface area is 90.5 Å². The Morgan fingerprint density at radius 3 is 2.64 bits per heavy atom. The van der Waals surface area contributed by atoms with E-state index in [1.165, 1.54) is 10.5 Å². The zero-order chi connectivity index (χ0) is 10.6. The standard InChI is InChI=1S/C11H18N2S/c1-9-8-10(4-5-11(9)12)14-7-6-13(2)3/h4-5,8H,6-7,12H2,1-3H3. The summed E-state index contributed by atoms with van der Waals surface area (Å²) in [5.74, 6) is 1.12. The summed E-state index contributed by atoms with van der Waals surface area (Å²) in [6.07, 6.45) is 0. The summed E-state index contributed by atoms with van der Waals surface area (Å²) in [6.45, 7) is 3.15. The molecule has 0 unspecified atom stereocenters. The van der Waals surface area contributed by atoms with Crippen molar-refractivity contribution in [3.8, 4) is 0 Å². The largest absolute Gasteiger partial charge is 0.399 e. The van der Waals surface area contributed by atoms with Crippen molar-refractivity contribution >= 4 is 17.4 Å². The van der Waals surface area contributed by atoms with Crippen molar-refractivity contribution in [3.63, 3.8) is 0 Å². The van der Waals surface area contributed by atoms with Gasteiger partial charge in [-0.15, -0.1) is 11.8 Å². The third-order valence-corrected chi connectivity index (χ3v) is 3.02. The number of nitrogens with zero attached hydrogens (tertiary/aromatic N) is 1. The zero-order valence-corrected chi connectivity index (χ0v) is 9.90. The molecule has 1 aromatic rings. The quantitative estimate of drug-likeness (QED) is 0.610. The van der Waals surface area contributed by atoms with Gasteiger partial charge in [-0.2, -0.15) is 0 Å². The molecular formula is C11H18N2S. The van der Waals surface area contributed by atoms with Crippen molar-refractivity contribution in [3.05, 3.63) is 23.8 Å². The highest BCUT2D eigenvalue weighted by Gasteiger charge is 1.98. The predicted molar refractivity (Wildman–Crippen MR) is 64.9 cm³/mol. The lowest BCUT2D eigenvalue weighted by atomic mass is 10.2. The minimum absolute atomic E-state index is 0.877. The number of thioether (sulfide) groups is 1. The number of rotatable bonds is 4. The maximum Gasteiger partial charge on any atom is 0.0344 e. The molecule has 0 amide bonds. The molecule has 2 N–H and O–H groups in total. The molecule has 3 heteroatoms. The van der Waals surface area contributed by atoms with Gasteiger partial charge in [0.2, 0.25) is 0 Å². The second kappa shape index (κ2) is 5.27. The predicted octanol–water partition coefficient (Wildman–Crippen LogP) is 2.23. The Bertz CT molecular complexity index is 297. The molecule has 0 aromatic heterocycles. The summed E-state index contributed by atoms with van der Waals surface area (Å²) >= 11 is 1.87. The molecular weight excluding hydrogens is 192 g/mol. The van der Waals surface area contributed by atoms with Crippen LogP contribution in [0.15, 0.2) is 23.1 Å². The van der Waals surface area contributed by atoms with E-state index in [0.717, 1.165) is 18.0 Å². The Hall–Kier alpha value is -0.670. The number of anilines is 1. The second-order valence-electron chi connectivity index (χ2n) is 3.67. The number of hydrogen-bond acceptors (Lipinski definition) is 3. The smallest absolute Gasteiger partial charge is 0.0344 e. The van der Waals surface area contributed by atoms with E-state index in [4.69, 9.17) is 5.73 Å². The zero-order valence-electron chi connectivity index (χ0n) is 9.08. The summed E-state index contributed by atoms with van der Waals surface area (Å²) in [7, 11) is 4.18. The van der Waals surface area contributed by atoms with E-state index in [-0.39, 0.29) is 0 Å². The van der Waals surface area contributed by atoms with Crippen molar-refractivity contribution in [2.45, 2.75) is 11.8 Å². The van der Waals surface area contributed by atoms with Gasteiger partial charge < -0.3 is 10.6 Å². The maximum absolute atomic E-state index is 5.75. The molecule has 78 valence electrons. The van der Waals surface area contributed by atoms with Crippen LogP contribution in [0.5, 0.6) is 0 Å². The second-order valence-corrected chi connectivity index (χ2v) is 4.84. The molecule has 0 saturated heterocycles. The van der Waals surface area contributed by atoms with E-state index in [1.54, 1.807) is 0 Å². The minimum Gasteiger partial charge on any atom is -0.399 e. The van der Waals surface area contributed by atoms with Crippen LogP contribution in [0.1, 0.15) is 5.56 Å². The van der Waals surface area contributed by atoms with Crippen LogP contribution >= 0.6 is 11.8 Å². The van der Waals surface area contributed by atoms with Gasteiger partial charge >= 0.3 is 0 Å². The number of benzene rings is 1. The van der Waals surface area contributed by atoms with Crippen LogP contribution in [-0.4, -0.2) is 31.3 Å². The van der Waals surface area contributed by atoms with Crippen LogP contribution in [0.3, 0.4) is 0 Å². The lowest BCUT2D eigenvalue weighted by Gasteiger charge is -2.09. The topological polar surface area (TPSA) is 29.3 Å². The van der Waals surface area contributed by atoms with Gasteiger partial charge in [0.25, 0.3) is 0 Å². The van der Waals surface area contributed by atoms with Crippen LogP contribution in [0, 0.1) is 6.92 Å². The molecule has 0 bridgehead atoms. The minimum atomic E-state index is 0.877. The fraction of sp³-hybridized carbons (Fsp3) is 0.455. The third-order valence-electron chi connectivity index (χ3n) is 2.05. The molecule has 1 rings (SSSR count). The molecule has 2 nitrogen and oxygen atoms in total. The van der Waals surface area contributed by atoms with Crippen LogP contribution in [0.2, 0.25) is 0 Å². The molecule has 0 aliphatic carbocycles. The number of nitrogen functional groups attached to an aromatic ring is 1. The van der Waals surface area contributed by atoms with Crippen molar-refractivity contribution in [1.29, 1.82) is 0 Å². The first-order valence-corrected chi connectivity index (χ1v) is 5.72. The van der Waals surface area contributed by atoms with Crippen LogP contribution < -0.4 is 5.73 Å². The highest BCUT2D eigenvalue weighted by molar-refractivity contribution is 7.99. The van der Waals surface area contributed by atoms with Gasteiger partial charge in [-0.05, 0) is 44.8 Å². The third kappa shape index (κ3) is 3.60. The summed E-state index contributed by atoms with van der Waals surface area (Å²) in [5.41, 5.74) is 7.79. The lowest BCUT2D eigenvalue weighted by molar-refractivity contribution is 0.437. The molecule has 0 radical (unpaired) electrons. The number of aryl methyl sites for hydroxylation is 1. The van der Waals surface area contributed by atoms with Crippen LogP contribution in [0.25, 0.3) is 0 Å². The van der Waals surface area contributed by atoms with Gasteiger partial charge in [-0.3, -0.25) is 0 Å². The first kappa shape index (κ1) is 11.4.